The molecule has 5 nitrogen and oxygen atoms in total. The van der Waals surface area contributed by atoms with Crippen LogP contribution in [0.3, 0.4) is 0 Å². The molecule has 2 heterocycles. The fourth-order valence-electron chi connectivity index (χ4n) is 3.29. The van der Waals surface area contributed by atoms with Crippen molar-refractivity contribution in [1.82, 2.24) is 14.7 Å². The van der Waals surface area contributed by atoms with Crippen molar-refractivity contribution in [3.63, 3.8) is 0 Å². The van der Waals surface area contributed by atoms with Crippen LogP contribution in [0.15, 0.2) is 29.6 Å². The number of thiophene rings is 1. The number of aryl methyl sites for hydroxylation is 4. The summed E-state index contributed by atoms with van der Waals surface area (Å²) < 4.78 is 7.87. The molecule has 0 aliphatic heterocycles. The summed E-state index contributed by atoms with van der Waals surface area (Å²) in [7, 11) is 3.76. The van der Waals surface area contributed by atoms with Gasteiger partial charge in [0.05, 0.1) is 10.6 Å². The predicted octanol–water partition coefficient (Wildman–Crippen LogP) is 4.57. The normalized spacial score (nSPS) is 10.9. The molecule has 0 unspecified atom stereocenters. The third-order valence-electron chi connectivity index (χ3n) is 5.06. The Bertz CT molecular complexity index is 983. The summed E-state index contributed by atoms with van der Waals surface area (Å²) in [6.07, 6.45) is 0. The molecule has 0 N–H and O–H groups in total. The summed E-state index contributed by atoms with van der Waals surface area (Å²) in [5.74, 6) is 0.937. The molecule has 6 heteroatoms. The Labute approximate surface area is 170 Å². The van der Waals surface area contributed by atoms with E-state index in [1.807, 2.05) is 76.1 Å². The predicted molar refractivity (Wildman–Crippen MR) is 113 cm³/mol. The molecule has 0 radical (unpaired) electrons. The van der Waals surface area contributed by atoms with Crippen molar-refractivity contribution in [3.8, 4) is 5.75 Å². The average molecular weight is 398 g/mol. The molecule has 148 valence electrons. The van der Waals surface area contributed by atoms with Gasteiger partial charge >= 0.3 is 0 Å². The number of carbonyl (C=O) groups excluding carboxylic acids is 1. The minimum atomic E-state index is 0.0194. The van der Waals surface area contributed by atoms with Crippen molar-refractivity contribution < 1.29 is 9.53 Å². The Kier molecular flexibility index (Phi) is 5.89. The molecule has 0 saturated heterocycles. The van der Waals surface area contributed by atoms with E-state index < -0.39 is 0 Å². The van der Waals surface area contributed by atoms with Crippen molar-refractivity contribution in [3.05, 3.63) is 68.2 Å². The summed E-state index contributed by atoms with van der Waals surface area (Å²) in [6, 6.07) is 8.05. The lowest BCUT2D eigenvalue weighted by Gasteiger charge is -2.16. The maximum atomic E-state index is 12.8. The molecule has 0 saturated carbocycles. The number of rotatable bonds is 6. The van der Waals surface area contributed by atoms with Crippen LogP contribution in [0.25, 0.3) is 0 Å². The lowest BCUT2D eigenvalue weighted by molar-refractivity contribution is 0.0789. The second kappa shape index (κ2) is 8.19. The number of hydrogen-bond donors (Lipinski definition) is 0. The van der Waals surface area contributed by atoms with Crippen LogP contribution in [0.2, 0.25) is 0 Å². The molecule has 0 aliphatic carbocycles. The first-order valence-corrected chi connectivity index (χ1v) is 10.2. The standard InChI is InChI=1S/C22H27N3O2S/c1-14-8-7-9-15(2)21(14)27-12-18-10-20(28-13-18)22(26)24(5)11-19-16(3)23-25(6)17(19)4/h7-10,13H,11-12H2,1-6H3. The van der Waals surface area contributed by atoms with Gasteiger partial charge < -0.3 is 9.64 Å². The lowest BCUT2D eigenvalue weighted by atomic mass is 10.1. The van der Waals surface area contributed by atoms with Gasteiger partial charge in [0.25, 0.3) is 5.91 Å². The molecule has 28 heavy (non-hydrogen) atoms. The maximum absolute atomic E-state index is 12.8. The minimum absolute atomic E-state index is 0.0194. The Morgan fingerprint density at radius 1 is 1.21 bits per heavy atom. The van der Waals surface area contributed by atoms with Crippen LogP contribution in [0.1, 0.15) is 43.3 Å². The number of amides is 1. The molecule has 1 aromatic carbocycles. The third kappa shape index (κ3) is 4.12. The highest BCUT2D eigenvalue weighted by atomic mass is 32.1. The van der Waals surface area contributed by atoms with Crippen LogP contribution in [0.4, 0.5) is 0 Å². The highest BCUT2D eigenvalue weighted by Crippen LogP contribution is 2.25. The number of para-hydroxylation sites is 1. The fraction of sp³-hybridized carbons (Fsp3) is 0.364. The topological polar surface area (TPSA) is 47.4 Å². The van der Waals surface area contributed by atoms with Crippen LogP contribution in [-0.2, 0) is 20.2 Å². The molecule has 3 aromatic rings. The number of benzene rings is 1. The largest absolute Gasteiger partial charge is 0.488 e. The van der Waals surface area contributed by atoms with E-state index in [2.05, 4.69) is 5.10 Å². The zero-order valence-corrected chi connectivity index (χ0v) is 18.2. The summed E-state index contributed by atoms with van der Waals surface area (Å²) in [6.45, 7) is 9.11. The van der Waals surface area contributed by atoms with Gasteiger partial charge in [0, 0.05) is 37.5 Å². The van der Waals surface area contributed by atoms with Gasteiger partial charge in [0.1, 0.15) is 12.4 Å². The zero-order valence-electron chi connectivity index (χ0n) is 17.4. The summed E-state index contributed by atoms with van der Waals surface area (Å²) in [5.41, 5.74) is 6.41. The molecule has 0 fully saturated rings. The number of nitrogens with zero attached hydrogens (tertiary/aromatic N) is 3. The molecule has 0 bridgehead atoms. The average Bonchev–Trinajstić information content (AvgIpc) is 3.21. The van der Waals surface area contributed by atoms with Crippen molar-refractivity contribution in [2.45, 2.75) is 40.8 Å². The first-order chi connectivity index (χ1) is 13.3. The van der Waals surface area contributed by atoms with Gasteiger partial charge in [-0.3, -0.25) is 9.48 Å². The van der Waals surface area contributed by atoms with Crippen LogP contribution in [0, 0.1) is 27.7 Å². The first-order valence-electron chi connectivity index (χ1n) is 9.29. The second-order valence-electron chi connectivity index (χ2n) is 7.26. The molecular formula is C22H27N3O2S. The van der Waals surface area contributed by atoms with E-state index in [1.54, 1.807) is 4.90 Å². The SMILES string of the molecule is Cc1cccc(C)c1OCc1csc(C(=O)N(C)Cc2c(C)nn(C)c2C)c1. The highest BCUT2D eigenvalue weighted by Gasteiger charge is 2.18. The van der Waals surface area contributed by atoms with E-state index in [-0.39, 0.29) is 5.91 Å². The Balaban J connectivity index is 1.66. The van der Waals surface area contributed by atoms with Crippen molar-refractivity contribution >= 4 is 17.2 Å². The van der Waals surface area contributed by atoms with Crippen molar-refractivity contribution in [2.75, 3.05) is 7.05 Å². The van der Waals surface area contributed by atoms with E-state index in [9.17, 15) is 4.79 Å². The number of ether oxygens (including phenoxy) is 1. The van der Waals surface area contributed by atoms with Gasteiger partial charge in [-0.2, -0.15) is 5.10 Å². The second-order valence-corrected chi connectivity index (χ2v) is 8.17. The molecule has 3 rings (SSSR count). The van der Waals surface area contributed by atoms with E-state index in [1.165, 1.54) is 11.3 Å². The minimum Gasteiger partial charge on any atom is -0.488 e. The van der Waals surface area contributed by atoms with Gasteiger partial charge in [-0.15, -0.1) is 11.3 Å². The maximum Gasteiger partial charge on any atom is 0.263 e. The van der Waals surface area contributed by atoms with E-state index in [0.717, 1.165) is 44.3 Å². The summed E-state index contributed by atoms with van der Waals surface area (Å²) >= 11 is 1.46. The van der Waals surface area contributed by atoms with Gasteiger partial charge in [-0.05, 0) is 50.3 Å². The molecule has 0 atom stereocenters. The molecule has 0 spiro atoms. The Morgan fingerprint density at radius 3 is 2.50 bits per heavy atom. The highest BCUT2D eigenvalue weighted by molar-refractivity contribution is 7.12. The lowest BCUT2D eigenvalue weighted by Crippen LogP contribution is -2.26. The quantitative estimate of drug-likeness (QED) is 0.612. The summed E-state index contributed by atoms with van der Waals surface area (Å²) in [5, 5.41) is 6.43. The molecule has 0 aliphatic rings. The Morgan fingerprint density at radius 2 is 1.89 bits per heavy atom. The third-order valence-corrected chi connectivity index (χ3v) is 6.02. The van der Waals surface area contributed by atoms with Gasteiger partial charge in [-0.25, -0.2) is 0 Å². The number of aromatic nitrogens is 2. The monoisotopic (exact) mass is 397 g/mol. The van der Waals surface area contributed by atoms with Crippen molar-refractivity contribution in [2.24, 2.45) is 7.05 Å². The molecular weight excluding hydrogens is 370 g/mol. The van der Waals surface area contributed by atoms with Crippen molar-refractivity contribution in [1.29, 1.82) is 0 Å². The van der Waals surface area contributed by atoms with Crippen LogP contribution < -0.4 is 4.74 Å². The van der Waals surface area contributed by atoms with Crippen LogP contribution in [0.5, 0.6) is 5.75 Å². The van der Waals surface area contributed by atoms with Crippen LogP contribution >= 0.6 is 11.3 Å². The van der Waals surface area contributed by atoms with Gasteiger partial charge in [0.15, 0.2) is 0 Å². The summed E-state index contributed by atoms with van der Waals surface area (Å²) in [4.78, 5) is 15.3. The van der Waals surface area contributed by atoms with E-state index in [0.29, 0.717) is 13.2 Å². The van der Waals surface area contributed by atoms with Gasteiger partial charge in [-0.1, -0.05) is 18.2 Å². The first kappa shape index (κ1) is 20.1. The van der Waals surface area contributed by atoms with E-state index >= 15 is 0 Å². The molecule has 1 amide bonds. The number of hydrogen-bond acceptors (Lipinski definition) is 4. The number of carbonyl (C=O) groups is 1. The smallest absolute Gasteiger partial charge is 0.263 e. The fourth-order valence-corrected chi connectivity index (χ4v) is 4.18. The van der Waals surface area contributed by atoms with Crippen LogP contribution in [-0.4, -0.2) is 27.6 Å². The zero-order chi connectivity index (χ0) is 20.4. The van der Waals surface area contributed by atoms with Gasteiger partial charge in [0.2, 0.25) is 0 Å². The molecule has 2 aromatic heterocycles. The van der Waals surface area contributed by atoms with E-state index in [4.69, 9.17) is 4.74 Å². The Hall–Kier alpha value is -2.60.